The second-order valence-electron chi connectivity index (χ2n) is 4.40. The average molecular weight is 280 g/mol. The van der Waals surface area contributed by atoms with Crippen LogP contribution < -0.4 is 5.32 Å². The van der Waals surface area contributed by atoms with Crippen molar-refractivity contribution in [2.45, 2.75) is 25.7 Å². The van der Waals surface area contributed by atoms with Crippen molar-refractivity contribution >= 4 is 39.0 Å². The lowest BCUT2D eigenvalue weighted by molar-refractivity contribution is 0.700. The topological polar surface area (TPSA) is 37.8 Å². The van der Waals surface area contributed by atoms with Gasteiger partial charge in [-0.25, -0.2) is 9.97 Å². The molecular formula is C13H14ClN3S. The molecule has 0 aromatic carbocycles. The van der Waals surface area contributed by atoms with E-state index in [0.717, 1.165) is 23.5 Å². The first kappa shape index (κ1) is 11.9. The van der Waals surface area contributed by atoms with Gasteiger partial charge in [0.05, 0.1) is 5.39 Å². The van der Waals surface area contributed by atoms with Crippen molar-refractivity contribution in [3.63, 3.8) is 0 Å². The van der Waals surface area contributed by atoms with Gasteiger partial charge in [0, 0.05) is 11.4 Å². The Labute approximate surface area is 115 Å². The van der Waals surface area contributed by atoms with Crippen LogP contribution in [-0.4, -0.2) is 16.5 Å². The molecule has 0 aliphatic heterocycles. The molecule has 0 saturated carbocycles. The van der Waals surface area contributed by atoms with E-state index in [1.807, 2.05) is 6.08 Å². The Morgan fingerprint density at radius 3 is 3.00 bits per heavy atom. The van der Waals surface area contributed by atoms with Gasteiger partial charge in [-0.15, -0.1) is 17.9 Å². The minimum absolute atomic E-state index is 0.313. The molecule has 94 valence electrons. The maximum Gasteiger partial charge on any atom is 0.225 e. The van der Waals surface area contributed by atoms with Crippen LogP contribution in [-0.2, 0) is 12.8 Å². The first-order chi connectivity index (χ1) is 8.79. The number of anilines is 1. The molecular weight excluding hydrogens is 266 g/mol. The summed E-state index contributed by atoms with van der Waals surface area (Å²) >= 11 is 7.75. The molecule has 2 aromatic rings. The first-order valence-corrected chi connectivity index (χ1v) is 7.31. The molecule has 18 heavy (non-hydrogen) atoms. The van der Waals surface area contributed by atoms with Gasteiger partial charge in [-0.2, -0.15) is 0 Å². The van der Waals surface area contributed by atoms with E-state index in [-0.39, 0.29) is 0 Å². The van der Waals surface area contributed by atoms with Gasteiger partial charge in [-0.1, -0.05) is 6.08 Å². The average Bonchev–Trinajstić information content (AvgIpc) is 2.73. The number of halogens is 1. The molecule has 2 aromatic heterocycles. The highest BCUT2D eigenvalue weighted by atomic mass is 35.5. The number of aromatic nitrogens is 2. The van der Waals surface area contributed by atoms with E-state index < -0.39 is 0 Å². The standard InChI is InChI=1S/C13H14ClN3S/c1-2-7-15-11-10-8-5-3-4-6-9(8)18-12(10)17-13(14)16-11/h2H,1,3-7H2,(H,15,16,17). The van der Waals surface area contributed by atoms with E-state index in [0.29, 0.717) is 11.8 Å². The Kier molecular flexibility index (Phi) is 3.22. The van der Waals surface area contributed by atoms with Crippen LogP contribution in [0.3, 0.4) is 0 Å². The molecule has 2 heterocycles. The van der Waals surface area contributed by atoms with E-state index in [1.54, 1.807) is 11.3 Å². The van der Waals surface area contributed by atoms with Crippen LogP contribution in [0.15, 0.2) is 12.7 Å². The van der Waals surface area contributed by atoms with Crippen LogP contribution in [0.1, 0.15) is 23.3 Å². The predicted octanol–water partition coefficient (Wildman–Crippen LogP) is 3.82. The number of thiophene rings is 1. The lowest BCUT2D eigenvalue weighted by Gasteiger charge is -2.12. The van der Waals surface area contributed by atoms with Crippen molar-refractivity contribution in [1.82, 2.24) is 9.97 Å². The summed E-state index contributed by atoms with van der Waals surface area (Å²) in [5.41, 5.74) is 1.42. The van der Waals surface area contributed by atoms with E-state index in [2.05, 4.69) is 21.9 Å². The summed E-state index contributed by atoms with van der Waals surface area (Å²) in [4.78, 5) is 11.1. The number of aryl methyl sites for hydroxylation is 2. The minimum Gasteiger partial charge on any atom is -0.366 e. The van der Waals surface area contributed by atoms with Crippen molar-refractivity contribution in [2.75, 3.05) is 11.9 Å². The summed E-state index contributed by atoms with van der Waals surface area (Å²) in [7, 11) is 0. The third-order valence-corrected chi connectivity index (χ3v) is 4.56. The Hall–Kier alpha value is -1.13. The number of rotatable bonds is 3. The molecule has 0 spiro atoms. The molecule has 5 heteroatoms. The smallest absolute Gasteiger partial charge is 0.225 e. The highest BCUT2D eigenvalue weighted by Crippen LogP contribution is 2.38. The quantitative estimate of drug-likeness (QED) is 0.686. The maximum atomic E-state index is 5.98. The fourth-order valence-corrected chi connectivity index (χ4v) is 3.91. The second kappa shape index (κ2) is 4.86. The number of fused-ring (bicyclic) bond motifs is 3. The summed E-state index contributed by atoms with van der Waals surface area (Å²) < 4.78 is 0. The van der Waals surface area contributed by atoms with Gasteiger partial charge in [0.1, 0.15) is 10.6 Å². The lowest BCUT2D eigenvalue weighted by atomic mass is 9.97. The van der Waals surface area contributed by atoms with Gasteiger partial charge in [-0.3, -0.25) is 0 Å². The molecule has 0 unspecified atom stereocenters. The fourth-order valence-electron chi connectivity index (χ4n) is 2.43. The monoisotopic (exact) mass is 279 g/mol. The molecule has 1 aliphatic carbocycles. The zero-order chi connectivity index (χ0) is 12.5. The van der Waals surface area contributed by atoms with Crippen molar-refractivity contribution in [3.8, 4) is 0 Å². The zero-order valence-electron chi connectivity index (χ0n) is 10.0. The van der Waals surface area contributed by atoms with Gasteiger partial charge in [0.25, 0.3) is 0 Å². The van der Waals surface area contributed by atoms with Crippen molar-refractivity contribution in [3.05, 3.63) is 28.4 Å². The highest BCUT2D eigenvalue weighted by Gasteiger charge is 2.20. The zero-order valence-corrected chi connectivity index (χ0v) is 11.6. The van der Waals surface area contributed by atoms with Gasteiger partial charge in [-0.05, 0) is 42.8 Å². The van der Waals surface area contributed by atoms with E-state index >= 15 is 0 Å². The van der Waals surface area contributed by atoms with Gasteiger partial charge < -0.3 is 5.32 Å². The fraction of sp³-hybridized carbons (Fsp3) is 0.385. The molecule has 0 fully saturated rings. The highest BCUT2D eigenvalue weighted by molar-refractivity contribution is 7.19. The van der Waals surface area contributed by atoms with Gasteiger partial charge in [0.2, 0.25) is 5.28 Å². The molecule has 0 atom stereocenters. The number of nitrogens with zero attached hydrogens (tertiary/aromatic N) is 2. The third-order valence-electron chi connectivity index (χ3n) is 3.20. The molecule has 0 amide bonds. The van der Waals surface area contributed by atoms with Crippen LogP contribution in [0.2, 0.25) is 5.28 Å². The largest absolute Gasteiger partial charge is 0.366 e. The first-order valence-electron chi connectivity index (χ1n) is 6.12. The lowest BCUT2D eigenvalue weighted by Crippen LogP contribution is -2.04. The number of hydrogen-bond acceptors (Lipinski definition) is 4. The SMILES string of the molecule is C=CCNc1nc(Cl)nc2sc3c(c12)CCCC3. The number of nitrogens with one attached hydrogen (secondary N) is 1. The number of hydrogen-bond donors (Lipinski definition) is 1. The van der Waals surface area contributed by atoms with Crippen LogP contribution in [0.25, 0.3) is 10.2 Å². The predicted molar refractivity (Wildman–Crippen MR) is 77.8 cm³/mol. The summed E-state index contributed by atoms with van der Waals surface area (Å²) in [6.45, 7) is 4.40. The summed E-state index contributed by atoms with van der Waals surface area (Å²) in [6, 6.07) is 0. The molecule has 3 rings (SSSR count). The summed E-state index contributed by atoms with van der Waals surface area (Å²) in [5, 5.41) is 4.75. The molecule has 0 saturated heterocycles. The van der Waals surface area contributed by atoms with Gasteiger partial charge in [0.15, 0.2) is 0 Å². The minimum atomic E-state index is 0.313. The van der Waals surface area contributed by atoms with Crippen molar-refractivity contribution < 1.29 is 0 Å². The van der Waals surface area contributed by atoms with E-state index in [4.69, 9.17) is 11.6 Å². The van der Waals surface area contributed by atoms with Crippen molar-refractivity contribution in [1.29, 1.82) is 0 Å². The Morgan fingerprint density at radius 1 is 1.33 bits per heavy atom. The van der Waals surface area contributed by atoms with Crippen LogP contribution >= 0.6 is 22.9 Å². The molecule has 0 radical (unpaired) electrons. The van der Waals surface area contributed by atoms with Crippen LogP contribution in [0.4, 0.5) is 5.82 Å². The van der Waals surface area contributed by atoms with E-state index in [1.165, 1.54) is 28.7 Å². The Balaban J connectivity index is 2.19. The van der Waals surface area contributed by atoms with Crippen molar-refractivity contribution in [2.24, 2.45) is 0 Å². The molecule has 1 N–H and O–H groups in total. The van der Waals surface area contributed by atoms with Gasteiger partial charge >= 0.3 is 0 Å². The summed E-state index contributed by atoms with van der Waals surface area (Å²) in [5.74, 6) is 0.851. The third kappa shape index (κ3) is 1.99. The van der Waals surface area contributed by atoms with Crippen LogP contribution in [0.5, 0.6) is 0 Å². The summed E-state index contributed by atoms with van der Waals surface area (Å²) in [6.07, 6.45) is 6.64. The normalized spacial score (nSPS) is 14.5. The Bertz CT molecular complexity index is 606. The van der Waals surface area contributed by atoms with Crippen LogP contribution in [0, 0.1) is 0 Å². The second-order valence-corrected chi connectivity index (χ2v) is 5.82. The molecule has 0 bridgehead atoms. The Morgan fingerprint density at radius 2 is 2.17 bits per heavy atom. The molecule has 3 nitrogen and oxygen atoms in total. The molecule has 1 aliphatic rings. The van der Waals surface area contributed by atoms with E-state index in [9.17, 15) is 0 Å². The maximum absolute atomic E-state index is 5.98.